The van der Waals surface area contributed by atoms with Crippen molar-refractivity contribution in [2.45, 2.75) is 32.0 Å². The lowest BCUT2D eigenvalue weighted by Crippen LogP contribution is -2.32. The number of hydrogen-bond donors (Lipinski definition) is 1. The van der Waals surface area contributed by atoms with Gasteiger partial charge in [-0.25, -0.2) is 0 Å². The van der Waals surface area contributed by atoms with Gasteiger partial charge in [-0.1, -0.05) is 6.08 Å². The zero-order chi connectivity index (χ0) is 12.3. The molecule has 0 unspecified atom stereocenters. The summed E-state index contributed by atoms with van der Waals surface area (Å²) in [6.07, 6.45) is 6.62. The molecule has 2 aliphatic rings. The van der Waals surface area contributed by atoms with Gasteiger partial charge in [0.25, 0.3) is 0 Å². The van der Waals surface area contributed by atoms with Crippen molar-refractivity contribution in [3.05, 3.63) is 23.4 Å². The van der Waals surface area contributed by atoms with Crippen LogP contribution < -0.4 is 5.73 Å². The standard InChI is InChI=1S/C13H20N2O2/c1-10(15-2)9-12(14)11-3-5-13(6-4-11)16-7-8-17-13/h3,9H,4-8,14H2,1-2H3. The number of rotatable bonds is 2. The van der Waals surface area contributed by atoms with Crippen LogP contribution in [0.3, 0.4) is 0 Å². The average Bonchev–Trinajstić information content (AvgIpc) is 2.78. The van der Waals surface area contributed by atoms with Gasteiger partial charge in [0.05, 0.1) is 13.2 Å². The SMILES string of the molecule is CN=C(C)C=C(N)C1=CCC2(CC1)OCCO2. The molecule has 4 heteroatoms. The smallest absolute Gasteiger partial charge is 0.172 e. The molecule has 0 radical (unpaired) electrons. The predicted molar refractivity (Wildman–Crippen MR) is 67.9 cm³/mol. The summed E-state index contributed by atoms with van der Waals surface area (Å²) in [7, 11) is 1.77. The molecule has 94 valence electrons. The maximum Gasteiger partial charge on any atom is 0.172 e. The highest BCUT2D eigenvalue weighted by Crippen LogP contribution is 2.36. The summed E-state index contributed by atoms with van der Waals surface area (Å²) in [4.78, 5) is 4.08. The van der Waals surface area contributed by atoms with Gasteiger partial charge >= 0.3 is 0 Å². The normalized spacial score (nSPS) is 25.2. The van der Waals surface area contributed by atoms with Crippen LogP contribution in [0.4, 0.5) is 0 Å². The maximum atomic E-state index is 6.04. The maximum absolute atomic E-state index is 6.04. The lowest BCUT2D eigenvalue weighted by Gasteiger charge is -2.30. The third kappa shape index (κ3) is 2.76. The van der Waals surface area contributed by atoms with Crippen molar-refractivity contribution in [3.63, 3.8) is 0 Å². The molecule has 2 rings (SSSR count). The first-order valence-electron chi connectivity index (χ1n) is 6.03. The lowest BCUT2D eigenvalue weighted by molar-refractivity contribution is -0.161. The fourth-order valence-corrected chi connectivity index (χ4v) is 2.21. The van der Waals surface area contributed by atoms with Gasteiger partial charge in [0, 0.05) is 31.3 Å². The van der Waals surface area contributed by atoms with Gasteiger partial charge in [0.2, 0.25) is 0 Å². The van der Waals surface area contributed by atoms with Crippen molar-refractivity contribution in [1.82, 2.24) is 0 Å². The Morgan fingerprint density at radius 3 is 2.71 bits per heavy atom. The van der Waals surface area contributed by atoms with Gasteiger partial charge in [-0.05, 0) is 25.0 Å². The van der Waals surface area contributed by atoms with Crippen LogP contribution in [0.15, 0.2) is 28.4 Å². The molecule has 1 spiro atoms. The molecule has 0 amide bonds. The number of allylic oxidation sites excluding steroid dienone is 2. The molecular formula is C13H20N2O2. The van der Waals surface area contributed by atoms with Crippen LogP contribution in [-0.4, -0.2) is 31.8 Å². The molecule has 4 nitrogen and oxygen atoms in total. The highest BCUT2D eigenvalue weighted by atomic mass is 16.7. The second kappa shape index (κ2) is 5.02. The van der Waals surface area contributed by atoms with E-state index in [9.17, 15) is 0 Å². The minimum absolute atomic E-state index is 0.363. The van der Waals surface area contributed by atoms with E-state index < -0.39 is 0 Å². The minimum Gasteiger partial charge on any atom is -0.398 e. The molecule has 0 aromatic heterocycles. The molecule has 0 aromatic carbocycles. The van der Waals surface area contributed by atoms with Crippen molar-refractivity contribution in [2.75, 3.05) is 20.3 Å². The Labute approximate surface area is 102 Å². The summed E-state index contributed by atoms with van der Waals surface area (Å²) >= 11 is 0. The fraction of sp³-hybridized carbons (Fsp3) is 0.615. The number of ether oxygens (including phenoxy) is 2. The first kappa shape index (κ1) is 12.3. The molecule has 1 aliphatic heterocycles. The second-order valence-electron chi connectivity index (χ2n) is 4.51. The molecule has 1 heterocycles. The third-order valence-corrected chi connectivity index (χ3v) is 3.34. The molecule has 1 saturated heterocycles. The summed E-state index contributed by atoms with van der Waals surface area (Å²) in [5.41, 5.74) is 8.97. The first-order valence-corrected chi connectivity index (χ1v) is 6.03. The molecule has 0 atom stereocenters. The Bertz CT molecular complexity index is 377. The van der Waals surface area contributed by atoms with Gasteiger partial charge in [-0.3, -0.25) is 4.99 Å². The van der Waals surface area contributed by atoms with E-state index >= 15 is 0 Å². The molecule has 1 aliphatic carbocycles. The van der Waals surface area contributed by atoms with Crippen LogP contribution in [0.25, 0.3) is 0 Å². The van der Waals surface area contributed by atoms with Crippen LogP contribution in [-0.2, 0) is 9.47 Å². The van der Waals surface area contributed by atoms with Crippen molar-refractivity contribution in [1.29, 1.82) is 0 Å². The van der Waals surface area contributed by atoms with Crippen molar-refractivity contribution in [2.24, 2.45) is 10.7 Å². The summed E-state index contributed by atoms with van der Waals surface area (Å²) in [6, 6.07) is 0. The summed E-state index contributed by atoms with van der Waals surface area (Å²) in [6.45, 7) is 3.35. The quantitative estimate of drug-likeness (QED) is 0.743. The topological polar surface area (TPSA) is 56.8 Å². The highest BCUT2D eigenvalue weighted by molar-refractivity contribution is 5.93. The molecule has 2 N–H and O–H groups in total. The van der Waals surface area contributed by atoms with E-state index in [1.165, 1.54) is 5.57 Å². The number of nitrogens with zero attached hydrogens (tertiary/aromatic N) is 1. The van der Waals surface area contributed by atoms with Gasteiger partial charge < -0.3 is 15.2 Å². The van der Waals surface area contributed by atoms with Gasteiger partial charge in [0.15, 0.2) is 5.79 Å². The van der Waals surface area contributed by atoms with E-state index in [2.05, 4.69) is 11.1 Å². The largest absolute Gasteiger partial charge is 0.398 e. The molecular weight excluding hydrogens is 216 g/mol. The van der Waals surface area contributed by atoms with E-state index in [1.807, 2.05) is 13.0 Å². The Morgan fingerprint density at radius 2 is 2.18 bits per heavy atom. The van der Waals surface area contributed by atoms with Crippen molar-refractivity contribution in [3.8, 4) is 0 Å². The molecule has 0 bridgehead atoms. The van der Waals surface area contributed by atoms with Crippen molar-refractivity contribution >= 4 is 5.71 Å². The van der Waals surface area contributed by atoms with E-state index in [-0.39, 0.29) is 5.79 Å². The first-order chi connectivity index (χ1) is 8.15. The van der Waals surface area contributed by atoms with E-state index in [1.54, 1.807) is 7.05 Å². The lowest BCUT2D eigenvalue weighted by atomic mass is 9.92. The summed E-state index contributed by atoms with van der Waals surface area (Å²) in [5, 5.41) is 0. The Hall–Kier alpha value is -1.13. The van der Waals surface area contributed by atoms with Gasteiger partial charge in [-0.2, -0.15) is 0 Å². The van der Waals surface area contributed by atoms with Crippen molar-refractivity contribution < 1.29 is 9.47 Å². The summed E-state index contributed by atoms with van der Waals surface area (Å²) in [5.74, 6) is -0.363. The molecule has 17 heavy (non-hydrogen) atoms. The van der Waals surface area contributed by atoms with Gasteiger partial charge in [-0.15, -0.1) is 0 Å². The van der Waals surface area contributed by atoms with E-state index in [0.29, 0.717) is 13.2 Å². The third-order valence-electron chi connectivity index (χ3n) is 3.34. The van der Waals surface area contributed by atoms with Crippen LogP contribution in [0.2, 0.25) is 0 Å². The highest BCUT2D eigenvalue weighted by Gasteiger charge is 2.37. The van der Waals surface area contributed by atoms with Crippen LogP contribution in [0, 0.1) is 0 Å². The Morgan fingerprint density at radius 1 is 1.47 bits per heavy atom. The second-order valence-corrected chi connectivity index (χ2v) is 4.51. The van der Waals surface area contributed by atoms with Gasteiger partial charge in [0.1, 0.15) is 0 Å². The Kier molecular flexibility index (Phi) is 3.64. The summed E-state index contributed by atoms with van der Waals surface area (Å²) < 4.78 is 11.3. The predicted octanol–water partition coefficient (Wildman–Crippen LogP) is 1.77. The van der Waals surface area contributed by atoms with Crippen LogP contribution in [0.1, 0.15) is 26.2 Å². The fourth-order valence-electron chi connectivity index (χ4n) is 2.21. The zero-order valence-corrected chi connectivity index (χ0v) is 10.5. The molecule has 0 saturated carbocycles. The number of hydrogen-bond acceptors (Lipinski definition) is 4. The monoisotopic (exact) mass is 236 g/mol. The van der Waals surface area contributed by atoms with Crippen LogP contribution in [0.5, 0.6) is 0 Å². The van der Waals surface area contributed by atoms with Crippen LogP contribution >= 0.6 is 0 Å². The molecule has 0 aromatic rings. The Balaban J connectivity index is 2.05. The molecule has 1 fully saturated rings. The minimum atomic E-state index is -0.363. The number of nitrogens with two attached hydrogens (primary N) is 1. The van der Waals surface area contributed by atoms with E-state index in [4.69, 9.17) is 15.2 Å². The number of aliphatic imine (C=N–C) groups is 1. The average molecular weight is 236 g/mol. The van der Waals surface area contributed by atoms with E-state index in [0.717, 1.165) is 30.7 Å². The zero-order valence-electron chi connectivity index (χ0n) is 10.5.